The number of carbonyl (C=O) groups is 1. The highest BCUT2D eigenvalue weighted by Gasteiger charge is 2.33. The minimum absolute atomic E-state index is 0.0838. The molecule has 0 unspecified atom stereocenters. The normalized spacial score (nSPS) is 16.4. The van der Waals surface area contributed by atoms with Crippen LogP contribution in [0.5, 0.6) is 11.5 Å². The van der Waals surface area contributed by atoms with Gasteiger partial charge in [0.05, 0.1) is 0 Å². The summed E-state index contributed by atoms with van der Waals surface area (Å²) in [5.74, 6) is 2.49. The van der Waals surface area contributed by atoms with Crippen molar-refractivity contribution >= 4 is 28.6 Å². The fourth-order valence-electron chi connectivity index (χ4n) is 5.77. The molecule has 7 rings (SSSR count). The van der Waals surface area contributed by atoms with E-state index in [4.69, 9.17) is 4.74 Å². The van der Waals surface area contributed by atoms with E-state index >= 15 is 0 Å². The fraction of sp³-hybridized carbons (Fsp3) is 0.323. The number of rotatable bonds is 8. The van der Waals surface area contributed by atoms with Gasteiger partial charge in [-0.25, -0.2) is 19.0 Å². The Bertz CT molecular complexity index is 1760. The van der Waals surface area contributed by atoms with E-state index in [2.05, 4.69) is 36.4 Å². The SMILES string of the molecule is Cc1cc(Nc2ncnn3ccc(C4CN(C(=O)C=CCN5CCCCC5)C4)c23)ccc1Oc1ccn2ncnc2c1. The molecular weight excluding hydrogens is 530 g/mol. The van der Waals surface area contributed by atoms with Gasteiger partial charge < -0.3 is 15.0 Å². The van der Waals surface area contributed by atoms with Crippen molar-refractivity contribution in [2.75, 3.05) is 38.0 Å². The molecule has 0 spiro atoms. The van der Waals surface area contributed by atoms with E-state index in [9.17, 15) is 4.79 Å². The number of aromatic nitrogens is 6. The molecule has 11 heteroatoms. The second kappa shape index (κ2) is 11.2. The molecule has 0 atom stereocenters. The molecule has 6 heterocycles. The van der Waals surface area contributed by atoms with Crippen LogP contribution in [0.2, 0.25) is 0 Å². The molecule has 2 fully saturated rings. The zero-order valence-electron chi connectivity index (χ0n) is 23.6. The average Bonchev–Trinajstić information content (AvgIpc) is 3.62. The van der Waals surface area contributed by atoms with Crippen molar-refractivity contribution in [3.05, 3.63) is 84.7 Å². The van der Waals surface area contributed by atoms with Gasteiger partial charge in [0.1, 0.15) is 29.7 Å². The summed E-state index contributed by atoms with van der Waals surface area (Å²) in [5.41, 5.74) is 4.66. The number of ether oxygens (including phenoxy) is 1. The molecule has 5 aromatic rings. The summed E-state index contributed by atoms with van der Waals surface area (Å²) in [6, 6.07) is 11.7. The highest BCUT2D eigenvalue weighted by Crippen LogP contribution is 2.35. The fourth-order valence-corrected chi connectivity index (χ4v) is 5.77. The molecule has 0 radical (unpaired) electrons. The Morgan fingerprint density at radius 1 is 1.00 bits per heavy atom. The summed E-state index contributed by atoms with van der Waals surface area (Å²) in [7, 11) is 0. The summed E-state index contributed by atoms with van der Waals surface area (Å²) >= 11 is 0. The quantitative estimate of drug-likeness (QED) is 0.274. The smallest absolute Gasteiger partial charge is 0.246 e. The van der Waals surface area contributed by atoms with Gasteiger partial charge >= 0.3 is 0 Å². The minimum Gasteiger partial charge on any atom is -0.457 e. The Hall–Kier alpha value is -4.77. The van der Waals surface area contributed by atoms with Gasteiger partial charge in [-0.15, -0.1) is 0 Å². The van der Waals surface area contributed by atoms with Gasteiger partial charge in [-0.2, -0.15) is 10.2 Å². The predicted molar refractivity (Wildman–Crippen MR) is 159 cm³/mol. The Kier molecular flexibility index (Phi) is 7.00. The van der Waals surface area contributed by atoms with Gasteiger partial charge in [-0.3, -0.25) is 9.69 Å². The van der Waals surface area contributed by atoms with Crippen LogP contribution in [0, 0.1) is 6.92 Å². The van der Waals surface area contributed by atoms with E-state index in [-0.39, 0.29) is 11.8 Å². The topological polar surface area (TPSA) is 105 Å². The van der Waals surface area contributed by atoms with Crippen molar-refractivity contribution < 1.29 is 9.53 Å². The van der Waals surface area contributed by atoms with Crippen LogP contribution in [-0.4, -0.2) is 77.6 Å². The number of carbonyl (C=O) groups excluding carboxylic acids is 1. The first-order chi connectivity index (χ1) is 20.6. The van der Waals surface area contributed by atoms with Gasteiger partial charge in [0, 0.05) is 55.8 Å². The van der Waals surface area contributed by atoms with Crippen LogP contribution < -0.4 is 10.1 Å². The molecule has 214 valence electrons. The largest absolute Gasteiger partial charge is 0.457 e. The van der Waals surface area contributed by atoms with E-state index in [0.717, 1.165) is 59.2 Å². The number of likely N-dealkylation sites (tertiary alicyclic amines) is 2. The summed E-state index contributed by atoms with van der Waals surface area (Å²) in [6.45, 7) is 6.49. The van der Waals surface area contributed by atoms with Crippen LogP contribution in [0.1, 0.15) is 36.3 Å². The van der Waals surface area contributed by atoms with Crippen molar-refractivity contribution in [1.82, 2.24) is 39.0 Å². The van der Waals surface area contributed by atoms with Crippen LogP contribution >= 0.6 is 0 Å². The molecule has 1 aromatic carbocycles. The monoisotopic (exact) mass is 563 g/mol. The van der Waals surface area contributed by atoms with Crippen molar-refractivity contribution in [3.63, 3.8) is 0 Å². The molecule has 2 saturated heterocycles. The van der Waals surface area contributed by atoms with Crippen LogP contribution in [-0.2, 0) is 4.79 Å². The summed E-state index contributed by atoms with van der Waals surface area (Å²) in [4.78, 5) is 25.8. The Labute approximate surface area is 243 Å². The van der Waals surface area contributed by atoms with E-state index in [1.165, 1.54) is 25.6 Å². The first kappa shape index (κ1) is 26.1. The van der Waals surface area contributed by atoms with Crippen LogP contribution in [0.15, 0.2) is 73.6 Å². The second-order valence-electron chi connectivity index (χ2n) is 11.0. The molecule has 4 aromatic heterocycles. The van der Waals surface area contributed by atoms with Gasteiger partial charge in [-0.05, 0) is 74.3 Å². The number of anilines is 2. The van der Waals surface area contributed by atoms with Gasteiger partial charge in [-0.1, -0.05) is 12.5 Å². The molecule has 0 aliphatic carbocycles. The Morgan fingerprint density at radius 3 is 2.67 bits per heavy atom. The molecule has 42 heavy (non-hydrogen) atoms. The highest BCUT2D eigenvalue weighted by atomic mass is 16.5. The lowest BCUT2D eigenvalue weighted by atomic mass is 9.92. The number of nitrogens with one attached hydrogen (secondary N) is 1. The average molecular weight is 564 g/mol. The molecule has 2 aliphatic rings. The van der Waals surface area contributed by atoms with Crippen molar-refractivity contribution in [2.24, 2.45) is 0 Å². The highest BCUT2D eigenvalue weighted by molar-refractivity contribution is 5.88. The summed E-state index contributed by atoms with van der Waals surface area (Å²) in [5, 5.41) is 12.0. The van der Waals surface area contributed by atoms with Gasteiger partial charge in [0.2, 0.25) is 5.91 Å². The van der Waals surface area contributed by atoms with E-state index in [1.54, 1.807) is 16.9 Å². The molecule has 0 bridgehead atoms. The van der Waals surface area contributed by atoms with Crippen molar-refractivity contribution in [2.45, 2.75) is 32.1 Å². The lowest BCUT2D eigenvalue weighted by molar-refractivity contribution is -0.130. The van der Waals surface area contributed by atoms with Crippen LogP contribution in [0.25, 0.3) is 11.2 Å². The molecule has 11 nitrogen and oxygen atoms in total. The maximum atomic E-state index is 12.7. The number of hydrogen-bond donors (Lipinski definition) is 1. The van der Waals surface area contributed by atoms with Crippen molar-refractivity contribution in [1.29, 1.82) is 0 Å². The zero-order valence-corrected chi connectivity index (χ0v) is 23.6. The van der Waals surface area contributed by atoms with E-state index in [1.807, 2.05) is 65.1 Å². The predicted octanol–water partition coefficient (Wildman–Crippen LogP) is 4.58. The second-order valence-corrected chi connectivity index (χ2v) is 11.0. The molecule has 0 saturated carbocycles. The number of benzene rings is 1. The zero-order chi connectivity index (χ0) is 28.5. The first-order valence-corrected chi connectivity index (χ1v) is 14.5. The molecular formula is C31H33N9O2. The number of nitrogens with zero attached hydrogens (tertiary/aromatic N) is 8. The number of fused-ring (bicyclic) bond motifs is 2. The molecule has 2 aliphatic heterocycles. The van der Waals surface area contributed by atoms with Crippen LogP contribution in [0.4, 0.5) is 11.5 Å². The third kappa shape index (κ3) is 5.30. The number of amides is 1. The van der Waals surface area contributed by atoms with E-state index in [0.29, 0.717) is 18.8 Å². The number of hydrogen-bond acceptors (Lipinski definition) is 8. The maximum absolute atomic E-state index is 12.7. The number of pyridine rings is 1. The van der Waals surface area contributed by atoms with E-state index < -0.39 is 0 Å². The number of piperidine rings is 1. The molecule has 1 amide bonds. The van der Waals surface area contributed by atoms with Crippen LogP contribution in [0.3, 0.4) is 0 Å². The van der Waals surface area contributed by atoms with Gasteiger partial charge in [0.15, 0.2) is 11.5 Å². The summed E-state index contributed by atoms with van der Waals surface area (Å²) in [6.07, 6.45) is 14.4. The van der Waals surface area contributed by atoms with Crippen molar-refractivity contribution in [3.8, 4) is 11.5 Å². The Morgan fingerprint density at radius 2 is 1.81 bits per heavy atom. The van der Waals surface area contributed by atoms with Gasteiger partial charge in [0.25, 0.3) is 0 Å². The standard InChI is InChI=1S/C31H33N9O2/c1-22-16-24(7-8-27(22)42-25-9-14-39-28(17-25)32-20-34-39)36-31-30-26(10-15-40(30)35-21-33-31)23-18-38(19-23)29(41)6-5-13-37-11-3-2-4-12-37/h5-10,14-17,20-21,23H,2-4,11-13,18-19H2,1H3,(H,33,35,36). The Balaban J connectivity index is 1.02. The summed E-state index contributed by atoms with van der Waals surface area (Å²) < 4.78 is 9.67. The lowest BCUT2D eigenvalue weighted by Crippen LogP contribution is -2.47. The first-order valence-electron chi connectivity index (χ1n) is 14.5. The third-order valence-electron chi connectivity index (χ3n) is 8.11. The number of aryl methyl sites for hydroxylation is 1. The minimum atomic E-state index is 0.0838. The third-order valence-corrected chi connectivity index (χ3v) is 8.11. The molecule has 1 N–H and O–H groups in total. The maximum Gasteiger partial charge on any atom is 0.246 e. The lowest BCUT2D eigenvalue weighted by Gasteiger charge is -2.38.